The Bertz CT molecular complexity index is 440. The number of carbonyl (C=O) groups excluding carboxylic acids is 1. The Morgan fingerprint density at radius 2 is 2.20 bits per heavy atom. The van der Waals surface area contributed by atoms with Crippen LogP contribution in [0.25, 0.3) is 0 Å². The molecule has 0 bridgehead atoms. The lowest BCUT2D eigenvalue weighted by Crippen LogP contribution is -2.46. The molecule has 6 nitrogen and oxygen atoms in total. The second kappa shape index (κ2) is 7.12. The molecule has 0 spiro atoms. The van der Waals surface area contributed by atoms with Crippen LogP contribution < -0.4 is 11.1 Å². The molecule has 20 heavy (non-hydrogen) atoms. The zero-order valence-corrected chi connectivity index (χ0v) is 12.9. The molecule has 0 aliphatic carbocycles. The molecule has 1 aliphatic heterocycles. The summed E-state index contributed by atoms with van der Waals surface area (Å²) in [5.74, 6) is -0.109. The molecule has 1 atom stereocenters. The summed E-state index contributed by atoms with van der Waals surface area (Å²) in [5.41, 5.74) is 6.21. The number of amides is 1. The van der Waals surface area contributed by atoms with Crippen LogP contribution in [-0.2, 0) is 0 Å². The van der Waals surface area contributed by atoms with Gasteiger partial charge in [-0.2, -0.15) is 0 Å². The Labute approximate surface area is 124 Å². The highest BCUT2D eigenvalue weighted by Gasteiger charge is 2.15. The third kappa shape index (κ3) is 4.24. The molecule has 3 N–H and O–H groups in total. The van der Waals surface area contributed by atoms with E-state index in [-0.39, 0.29) is 11.9 Å². The summed E-state index contributed by atoms with van der Waals surface area (Å²) in [4.78, 5) is 20.9. The maximum absolute atomic E-state index is 11.9. The fourth-order valence-electron chi connectivity index (χ4n) is 2.09. The van der Waals surface area contributed by atoms with Crippen molar-refractivity contribution in [2.75, 3.05) is 46.3 Å². The first-order valence-electron chi connectivity index (χ1n) is 6.96. The van der Waals surface area contributed by atoms with Crippen molar-refractivity contribution in [3.63, 3.8) is 0 Å². The summed E-state index contributed by atoms with van der Waals surface area (Å²) in [6.07, 6.45) is 0. The largest absolute Gasteiger partial charge is 0.349 e. The Hall–Kier alpha value is -1.02. The highest BCUT2D eigenvalue weighted by Crippen LogP contribution is 2.15. The second-order valence-electron chi connectivity index (χ2n) is 5.26. The highest BCUT2D eigenvalue weighted by molar-refractivity contribution is 7.09. The quantitative estimate of drug-likeness (QED) is 0.809. The number of piperazine rings is 1. The van der Waals surface area contributed by atoms with Gasteiger partial charge in [-0.1, -0.05) is 0 Å². The highest BCUT2D eigenvalue weighted by atomic mass is 32.1. The van der Waals surface area contributed by atoms with Crippen LogP contribution in [0.3, 0.4) is 0 Å². The number of hydrogen-bond donors (Lipinski definition) is 2. The van der Waals surface area contributed by atoms with E-state index in [1.54, 1.807) is 5.38 Å². The molecular weight excluding hydrogens is 274 g/mol. The zero-order valence-electron chi connectivity index (χ0n) is 12.1. The van der Waals surface area contributed by atoms with Crippen LogP contribution in [-0.4, -0.2) is 67.0 Å². The van der Waals surface area contributed by atoms with Crippen molar-refractivity contribution < 1.29 is 4.79 Å². The molecule has 2 rings (SSSR count). The lowest BCUT2D eigenvalue weighted by molar-refractivity contribution is 0.0936. The van der Waals surface area contributed by atoms with Crippen LogP contribution in [0.5, 0.6) is 0 Å². The summed E-state index contributed by atoms with van der Waals surface area (Å²) >= 11 is 1.43. The van der Waals surface area contributed by atoms with E-state index in [1.165, 1.54) is 11.3 Å². The van der Waals surface area contributed by atoms with E-state index in [4.69, 9.17) is 5.73 Å². The minimum Gasteiger partial charge on any atom is -0.349 e. The molecule has 0 radical (unpaired) electrons. The molecular formula is C13H23N5OS. The lowest BCUT2D eigenvalue weighted by Gasteiger charge is -2.32. The van der Waals surface area contributed by atoms with Gasteiger partial charge in [-0.05, 0) is 14.0 Å². The molecule has 0 aromatic carbocycles. The van der Waals surface area contributed by atoms with Crippen LogP contribution in [0.4, 0.5) is 0 Å². The molecule has 1 aromatic heterocycles. The fraction of sp³-hybridized carbons (Fsp3) is 0.692. The molecule has 1 fully saturated rings. The van der Waals surface area contributed by atoms with Gasteiger partial charge in [-0.3, -0.25) is 9.69 Å². The first-order chi connectivity index (χ1) is 9.56. The van der Waals surface area contributed by atoms with Gasteiger partial charge >= 0.3 is 0 Å². The van der Waals surface area contributed by atoms with E-state index < -0.39 is 0 Å². The Morgan fingerprint density at radius 1 is 1.50 bits per heavy atom. The molecule has 2 heterocycles. The first-order valence-corrected chi connectivity index (χ1v) is 7.84. The van der Waals surface area contributed by atoms with Crippen molar-refractivity contribution in [2.24, 2.45) is 5.73 Å². The zero-order chi connectivity index (χ0) is 14.5. The Morgan fingerprint density at radius 3 is 2.80 bits per heavy atom. The lowest BCUT2D eigenvalue weighted by atomic mass is 10.3. The van der Waals surface area contributed by atoms with Crippen molar-refractivity contribution in [3.8, 4) is 0 Å². The number of rotatable bonds is 5. The van der Waals surface area contributed by atoms with Gasteiger partial charge in [0.15, 0.2) is 0 Å². The average Bonchev–Trinajstić information content (AvgIpc) is 2.91. The van der Waals surface area contributed by atoms with Crippen LogP contribution in [0.2, 0.25) is 0 Å². The third-order valence-electron chi connectivity index (χ3n) is 3.45. The van der Waals surface area contributed by atoms with Gasteiger partial charge in [-0.25, -0.2) is 4.98 Å². The van der Waals surface area contributed by atoms with Gasteiger partial charge in [0.2, 0.25) is 0 Å². The molecule has 112 valence electrons. The number of aromatic nitrogens is 1. The molecule has 7 heteroatoms. The number of carbonyl (C=O) groups is 1. The Balaban J connectivity index is 1.72. The number of thiazole rings is 1. The number of nitrogens with two attached hydrogens (primary N) is 1. The van der Waals surface area contributed by atoms with E-state index >= 15 is 0 Å². The number of nitrogens with one attached hydrogen (secondary N) is 1. The predicted octanol–water partition coefficient (Wildman–Crippen LogP) is 0.140. The van der Waals surface area contributed by atoms with Gasteiger partial charge in [0, 0.05) is 44.6 Å². The first kappa shape index (κ1) is 15.4. The van der Waals surface area contributed by atoms with Crippen LogP contribution in [0.15, 0.2) is 5.38 Å². The summed E-state index contributed by atoms with van der Waals surface area (Å²) in [7, 11) is 2.14. The standard InChI is InChI=1S/C13H23N5OS/c1-10(14)13-16-11(9-20-13)12(19)15-3-4-18-7-5-17(2)6-8-18/h9-10H,3-8,14H2,1-2H3,(H,15,19). The molecule has 1 unspecified atom stereocenters. The maximum atomic E-state index is 11.9. The number of hydrogen-bond acceptors (Lipinski definition) is 6. The third-order valence-corrected chi connectivity index (χ3v) is 4.50. The monoisotopic (exact) mass is 297 g/mol. The minimum absolute atomic E-state index is 0.109. The van der Waals surface area contributed by atoms with Gasteiger partial charge < -0.3 is 16.0 Å². The van der Waals surface area contributed by atoms with Crippen LogP contribution in [0.1, 0.15) is 28.5 Å². The molecule has 1 amide bonds. The summed E-state index contributed by atoms with van der Waals surface area (Å²) in [6.45, 7) is 7.75. The molecule has 1 aromatic rings. The summed E-state index contributed by atoms with van der Waals surface area (Å²) < 4.78 is 0. The van der Waals surface area contributed by atoms with Crippen LogP contribution in [0, 0.1) is 0 Å². The van der Waals surface area contributed by atoms with Gasteiger partial charge in [0.1, 0.15) is 10.7 Å². The molecule has 1 saturated heterocycles. The second-order valence-corrected chi connectivity index (χ2v) is 6.15. The fourth-order valence-corrected chi connectivity index (χ4v) is 2.85. The number of likely N-dealkylation sites (N-methyl/N-ethyl adjacent to an activating group) is 1. The molecule has 1 aliphatic rings. The maximum Gasteiger partial charge on any atom is 0.270 e. The normalized spacial score (nSPS) is 18.9. The van der Waals surface area contributed by atoms with Crippen LogP contribution >= 0.6 is 11.3 Å². The SMILES string of the molecule is CC(N)c1nc(C(=O)NCCN2CCN(C)CC2)cs1. The Kier molecular flexibility index (Phi) is 5.47. The van der Waals surface area contributed by atoms with E-state index in [9.17, 15) is 4.79 Å². The van der Waals surface area contributed by atoms with Gasteiger partial charge in [-0.15, -0.1) is 11.3 Å². The predicted molar refractivity (Wildman–Crippen MR) is 81.0 cm³/mol. The van der Waals surface area contributed by atoms with E-state index in [1.807, 2.05) is 6.92 Å². The summed E-state index contributed by atoms with van der Waals surface area (Å²) in [5, 5.41) is 5.49. The summed E-state index contributed by atoms with van der Waals surface area (Å²) in [6, 6.07) is -0.119. The van der Waals surface area contributed by atoms with E-state index in [2.05, 4.69) is 27.1 Å². The van der Waals surface area contributed by atoms with Gasteiger partial charge in [0.05, 0.1) is 6.04 Å². The minimum atomic E-state index is -0.119. The van der Waals surface area contributed by atoms with Crippen molar-refractivity contribution in [1.29, 1.82) is 0 Å². The van der Waals surface area contributed by atoms with Crippen molar-refractivity contribution in [1.82, 2.24) is 20.1 Å². The van der Waals surface area contributed by atoms with Crippen molar-refractivity contribution in [2.45, 2.75) is 13.0 Å². The van der Waals surface area contributed by atoms with E-state index in [0.29, 0.717) is 12.2 Å². The van der Waals surface area contributed by atoms with Crippen molar-refractivity contribution >= 4 is 17.2 Å². The van der Waals surface area contributed by atoms with E-state index in [0.717, 1.165) is 37.7 Å². The van der Waals surface area contributed by atoms with Crippen molar-refractivity contribution in [3.05, 3.63) is 16.1 Å². The number of nitrogens with zero attached hydrogens (tertiary/aromatic N) is 3. The average molecular weight is 297 g/mol. The smallest absolute Gasteiger partial charge is 0.270 e. The molecule has 0 saturated carbocycles. The topological polar surface area (TPSA) is 74.5 Å². The van der Waals surface area contributed by atoms with Gasteiger partial charge in [0.25, 0.3) is 5.91 Å².